The lowest BCUT2D eigenvalue weighted by Crippen LogP contribution is -2.13. The molecule has 2 rings (SSSR count). The monoisotopic (exact) mass is 266 g/mol. The van der Waals surface area contributed by atoms with Gasteiger partial charge in [-0.1, -0.05) is 12.1 Å². The van der Waals surface area contributed by atoms with Crippen molar-refractivity contribution >= 4 is 12.4 Å². The number of esters is 1. The van der Waals surface area contributed by atoms with Crippen LogP contribution in [0.2, 0.25) is 0 Å². The predicted molar refractivity (Wildman–Crippen MR) is 63.9 cm³/mol. The highest BCUT2D eigenvalue weighted by Gasteiger charge is 2.40. The van der Waals surface area contributed by atoms with E-state index in [0.29, 0.717) is 24.6 Å². The molecule has 0 bridgehead atoms. The number of carbonyl (C=O) groups is 2. The number of epoxide rings is 1. The summed E-state index contributed by atoms with van der Waals surface area (Å²) in [6.07, 6.45) is -0.230. The SMILES string of the molecule is CC(=O)OC[C@@H]1O[C@H]1COc1ccccc1OC=O. The van der Waals surface area contributed by atoms with Gasteiger partial charge in [-0.2, -0.15) is 0 Å². The standard InChI is InChI=1S/C13H14O6/c1-9(15)16-6-12-13(19-12)7-17-10-4-2-3-5-11(10)18-8-14/h2-5,8,12-13H,6-7H2,1H3/t12-,13-/m0/s1. The second-order valence-electron chi connectivity index (χ2n) is 3.99. The molecule has 1 aromatic carbocycles. The second kappa shape index (κ2) is 6.19. The Morgan fingerprint density at radius 3 is 2.63 bits per heavy atom. The first-order valence-electron chi connectivity index (χ1n) is 5.81. The molecule has 1 aliphatic rings. The molecule has 2 atom stereocenters. The molecule has 0 amide bonds. The van der Waals surface area contributed by atoms with Crippen LogP contribution in [-0.4, -0.2) is 37.9 Å². The molecule has 1 aromatic rings. The Morgan fingerprint density at radius 2 is 1.95 bits per heavy atom. The Morgan fingerprint density at radius 1 is 1.26 bits per heavy atom. The van der Waals surface area contributed by atoms with Crippen LogP contribution in [0.4, 0.5) is 0 Å². The quantitative estimate of drug-likeness (QED) is 0.415. The van der Waals surface area contributed by atoms with Gasteiger partial charge >= 0.3 is 5.97 Å². The first-order valence-corrected chi connectivity index (χ1v) is 5.81. The number of hydrogen-bond acceptors (Lipinski definition) is 6. The highest BCUT2D eigenvalue weighted by molar-refractivity contribution is 5.65. The Bertz CT molecular complexity index is 458. The molecule has 1 heterocycles. The average molecular weight is 266 g/mol. The zero-order valence-corrected chi connectivity index (χ0v) is 10.4. The van der Waals surface area contributed by atoms with Crippen molar-refractivity contribution in [2.24, 2.45) is 0 Å². The predicted octanol–water partition coefficient (Wildman–Crippen LogP) is 0.931. The van der Waals surface area contributed by atoms with Gasteiger partial charge in [0.2, 0.25) is 0 Å². The Balaban J connectivity index is 1.77. The first kappa shape index (κ1) is 13.4. The summed E-state index contributed by atoms with van der Waals surface area (Å²) in [4.78, 5) is 20.9. The summed E-state index contributed by atoms with van der Waals surface area (Å²) in [6.45, 7) is 2.24. The summed E-state index contributed by atoms with van der Waals surface area (Å²) in [5.41, 5.74) is 0. The molecule has 1 aliphatic heterocycles. The molecule has 6 nitrogen and oxygen atoms in total. The smallest absolute Gasteiger partial charge is 0.302 e. The molecular weight excluding hydrogens is 252 g/mol. The Labute approximate surface area is 110 Å². The van der Waals surface area contributed by atoms with Gasteiger partial charge in [-0.3, -0.25) is 9.59 Å². The molecule has 19 heavy (non-hydrogen) atoms. The summed E-state index contributed by atoms with van der Waals surface area (Å²) in [5, 5.41) is 0. The third kappa shape index (κ3) is 3.96. The van der Waals surface area contributed by atoms with Crippen molar-refractivity contribution in [1.29, 1.82) is 0 Å². The lowest BCUT2D eigenvalue weighted by Gasteiger charge is -2.08. The fourth-order valence-electron chi connectivity index (χ4n) is 1.56. The second-order valence-corrected chi connectivity index (χ2v) is 3.99. The van der Waals surface area contributed by atoms with E-state index in [1.165, 1.54) is 6.92 Å². The van der Waals surface area contributed by atoms with E-state index in [1.807, 2.05) is 0 Å². The van der Waals surface area contributed by atoms with E-state index < -0.39 is 0 Å². The maximum absolute atomic E-state index is 10.6. The van der Waals surface area contributed by atoms with E-state index in [1.54, 1.807) is 24.3 Å². The Kier molecular flexibility index (Phi) is 4.35. The lowest BCUT2D eigenvalue weighted by atomic mass is 10.3. The fraction of sp³-hybridized carbons (Fsp3) is 0.385. The number of hydrogen-bond donors (Lipinski definition) is 0. The van der Waals surface area contributed by atoms with Crippen molar-refractivity contribution in [2.75, 3.05) is 13.2 Å². The maximum atomic E-state index is 10.6. The Hall–Kier alpha value is -2.08. The molecular formula is C13H14O6. The van der Waals surface area contributed by atoms with Crippen LogP contribution in [0.15, 0.2) is 24.3 Å². The first-order chi connectivity index (χ1) is 9.20. The van der Waals surface area contributed by atoms with Crippen LogP contribution in [0, 0.1) is 0 Å². The van der Waals surface area contributed by atoms with Crippen molar-refractivity contribution < 1.29 is 28.5 Å². The number of carbonyl (C=O) groups excluding carboxylic acids is 2. The van der Waals surface area contributed by atoms with Crippen LogP contribution in [-0.2, 0) is 19.1 Å². The van der Waals surface area contributed by atoms with Crippen molar-refractivity contribution in [1.82, 2.24) is 0 Å². The summed E-state index contributed by atoms with van der Waals surface area (Å²) >= 11 is 0. The third-order valence-electron chi connectivity index (χ3n) is 2.57. The molecule has 0 saturated carbocycles. The van der Waals surface area contributed by atoms with E-state index in [2.05, 4.69) is 0 Å². The van der Waals surface area contributed by atoms with Crippen molar-refractivity contribution in [3.63, 3.8) is 0 Å². The van der Waals surface area contributed by atoms with E-state index in [9.17, 15) is 9.59 Å². The highest BCUT2D eigenvalue weighted by atomic mass is 16.6. The van der Waals surface area contributed by atoms with E-state index in [4.69, 9.17) is 18.9 Å². The fourth-order valence-corrected chi connectivity index (χ4v) is 1.56. The molecule has 0 aliphatic carbocycles. The minimum Gasteiger partial charge on any atom is -0.487 e. The summed E-state index contributed by atoms with van der Waals surface area (Å²) in [6, 6.07) is 6.84. The van der Waals surface area contributed by atoms with Crippen LogP contribution in [0.5, 0.6) is 11.5 Å². The number of ether oxygens (including phenoxy) is 4. The van der Waals surface area contributed by atoms with Gasteiger partial charge in [0.05, 0.1) is 0 Å². The van der Waals surface area contributed by atoms with Crippen LogP contribution in [0.1, 0.15) is 6.92 Å². The zero-order valence-electron chi connectivity index (χ0n) is 10.4. The molecule has 1 saturated heterocycles. The van der Waals surface area contributed by atoms with Gasteiger partial charge in [0.15, 0.2) is 11.5 Å². The molecule has 6 heteroatoms. The van der Waals surface area contributed by atoms with Gasteiger partial charge < -0.3 is 18.9 Å². The van der Waals surface area contributed by atoms with Crippen LogP contribution < -0.4 is 9.47 Å². The normalized spacial score (nSPS) is 20.5. The molecule has 1 fully saturated rings. The van der Waals surface area contributed by atoms with Crippen LogP contribution in [0.25, 0.3) is 0 Å². The van der Waals surface area contributed by atoms with Crippen LogP contribution in [0.3, 0.4) is 0 Å². The van der Waals surface area contributed by atoms with Gasteiger partial charge in [0, 0.05) is 6.92 Å². The lowest BCUT2D eigenvalue weighted by molar-refractivity contribution is -0.141. The van der Waals surface area contributed by atoms with Crippen LogP contribution >= 0.6 is 0 Å². The molecule has 0 radical (unpaired) electrons. The van der Waals surface area contributed by atoms with Gasteiger partial charge in [-0.15, -0.1) is 0 Å². The van der Waals surface area contributed by atoms with E-state index in [0.717, 1.165) is 0 Å². The minimum absolute atomic E-state index is 0.108. The minimum atomic E-state index is -0.333. The van der Waals surface area contributed by atoms with Crippen molar-refractivity contribution in [3.05, 3.63) is 24.3 Å². The average Bonchev–Trinajstić information content (AvgIpc) is 3.14. The number of rotatable bonds is 7. The largest absolute Gasteiger partial charge is 0.487 e. The topological polar surface area (TPSA) is 74.4 Å². The maximum Gasteiger partial charge on any atom is 0.302 e. The third-order valence-corrected chi connectivity index (χ3v) is 2.57. The highest BCUT2D eigenvalue weighted by Crippen LogP contribution is 2.29. The van der Waals surface area contributed by atoms with Gasteiger partial charge in [0.25, 0.3) is 6.47 Å². The number of para-hydroxylation sites is 2. The van der Waals surface area contributed by atoms with Gasteiger partial charge in [0.1, 0.15) is 25.4 Å². The molecule has 0 unspecified atom stereocenters. The zero-order chi connectivity index (χ0) is 13.7. The van der Waals surface area contributed by atoms with Gasteiger partial charge in [-0.05, 0) is 12.1 Å². The molecule has 0 aromatic heterocycles. The summed E-state index contributed by atoms with van der Waals surface area (Å²) in [5.74, 6) is 0.492. The van der Waals surface area contributed by atoms with E-state index in [-0.39, 0.29) is 24.8 Å². The molecule has 0 spiro atoms. The molecule has 102 valence electrons. The summed E-state index contributed by atoms with van der Waals surface area (Å²) < 4.78 is 20.4. The van der Waals surface area contributed by atoms with Crippen molar-refractivity contribution in [3.8, 4) is 11.5 Å². The molecule has 0 N–H and O–H groups in total. The van der Waals surface area contributed by atoms with Gasteiger partial charge in [-0.25, -0.2) is 0 Å². The number of benzene rings is 1. The summed E-state index contributed by atoms with van der Waals surface area (Å²) in [7, 11) is 0. The van der Waals surface area contributed by atoms with E-state index >= 15 is 0 Å². The van der Waals surface area contributed by atoms with Crippen molar-refractivity contribution in [2.45, 2.75) is 19.1 Å².